The van der Waals surface area contributed by atoms with E-state index in [1.54, 1.807) is 24.7 Å². The Morgan fingerprint density at radius 1 is 1.24 bits per heavy atom. The minimum Gasteiger partial charge on any atom is -0.369 e. The molecule has 2 aromatic rings. The van der Waals surface area contributed by atoms with Gasteiger partial charge >= 0.3 is 0 Å². The first kappa shape index (κ1) is 13.2. The summed E-state index contributed by atoms with van der Waals surface area (Å²) >= 11 is 0. The van der Waals surface area contributed by atoms with Gasteiger partial charge in [-0.3, -0.25) is 19.5 Å². The molecule has 3 heterocycles. The van der Waals surface area contributed by atoms with Crippen molar-refractivity contribution in [2.45, 2.75) is 6.42 Å². The summed E-state index contributed by atoms with van der Waals surface area (Å²) in [5, 5.41) is 0. The van der Waals surface area contributed by atoms with Gasteiger partial charge in [0.1, 0.15) is 0 Å². The largest absolute Gasteiger partial charge is 0.369 e. The van der Waals surface area contributed by atoms with Crippen molar-refractivity contribution in [3.63, 3.8) is 0 Å². The summed E-state index contributed by atoms with van der Waals surface area (Å²) < 4.78 is 0. The molecule has 21 heavy (non-hydrogen) atoms. The van der Waals surface area contributed by atoms with Crippen LogP contribution in [0.4, 0.5) is 5.95 Å². The van der Waals surface area contributed by atoms with E-state index in [1.807, 2.05) is 12.1 Å². The van der Waals surface area contributed by atoms with E-state index in [1.165, 1.54) is 4.90 Å². The molecule has 2 aromatic heterocycles. The maximum atomic E-state index is 12.0. The molecule has 3 rings (SSSR count). The van der Waals surface area contributed by atoms with Crippen LogP contribution in [0, 0.1) is 5.92 Å². The summed E-state index contributed by atoms with van der Waals surface area (Å²) in [5.74, 6) is -0.856. The highest BCUT2D eigenvalue weighted by atomic mass is 16.2. The molecule has 0 saturated carbocycles. The third-order valence-corrected chi connectivity index (χ3v) is 3.39. The summed E-state index contributed by atoms with van der Waals surface area (Å²) in [4.78, 5) is 37.0. The van der Waals surface area contributed by atoms with Crippen LogP contribution < -0.4 is 10.6 Å². The summed E-state index contributed by atoms with van der Waals surface area (Å²) in [6.07, 6.45) is 5.03. The molecule has 7 nitrogen and oxygen atoms in total. The van der Waals surface area contributed by atoms with Gasteiger partial charge in [0.05, 0.1) is 11.6 Å². The second-order valence-corrected chi connectivity index (χ2v) is 4.79. The first-order valence-corrected chi connectivity index (χ1v) is 6.48. The number of carbonyl (C=O) groups excluding carboxylic acids is 2. The van der Waals surface area contributed by atoms with Crippen molar-refractivity contribution in [2.24, 2.45) is 11.7 Å². The number of primary amides is 1. The van der Waals surface area contributed by atoms with Crippen LogP contribution in [0.1, 0.15) is 6.42 Å². The maximum absolute atomic E-state index is 12.0. The number of nitrogens with zero attached hydrogens (tertiary/aromatic N) is 4. The van der Waals surface area contributed by atoms with Gasteiger partial charge in [-0.1, -0.05) is 0 Å². The van der Waals surface area contributed by atoms with Crippen molar-refractivity contribution in [1.29, 1.82) is 0 Å². The number of hydrogen-bond donors (Lipinski definition) is 1. The summed E-state index contributed by atoms with van der Waals surface area (Å²) in [6, 6.07) is 5.40. The van der Waals surface area contributed by atoms with E-state index in [9.17, 15) is 9.59 Å². The van der Waals surface area contributed by atoms with Crippen LogP contribution in [0.5, 0.6) is 0 Å². The number of amides is 2. The Bertz CT molecular complexity index is 689. The van der Waals surface area contributed by atoms with Crippen LogP contribution in [0.15, 0.2) is 36.8 Å². The van der Waals surface area contributed by atoms with Crippen LogP contribution >= 0.6 is 0 Å². The van der Waals surface area contributed by atoms with Crippen molar-refractivity contribution in [1.82, 2.24) is 15.0 Å². The molecular weight excluding hydrogens is 270 g/mol. The van der Waals surface area contributed by atoms with Crippen molar-refractivity contribution in [3.05, 3.63) is 36.8 Å². The lowest BCUT2D eigenvalue weighted by Gasteiger charge is -2.14. The van der Waals surface area contributed by atoms with Gasteiger partial charge in [-0.05, 0) is 18.2 Å². The van der Waals surface area contributed by atoms with Gasteiger partial charge in [-0.25, -0.2) is 9.97 Å². The molecule has 1 saturated heterocycles. The lowest BCUT2D eigenvalue weighted by atomic mass is 10.1. The van der Waals surface area contributed by atoms with Gasteiger partial charge < -0.3 is 5.73 Å². The van der Waals surface area contributed by atoms with Crippen LogP contribution in [-0.2, 0) is 9.59 Å². The molecule has 1 fully saturated rings. The first-order chi connectivity index (χ1) is 10.1. The highest BCUT2D eigenvalue weighted by molar-refractivity contribution is 5.98. The number of hydrogen-bond acceptors (Lipinski definition) is 5. The molecule has 106 valence electrons. The SMILES string of the molecule is NC(=O)C1CC(=O)N(c2nccc(-c3ccncc3)n2)C1. The average molecular weight is 283 g/mol. The molecule has 0 bridgehead atoms. The number of nitrogens with two attached hydrogens (primary N) is 1. The number of aromatic nitrogens is 3. The lowest BCUT2D eigenvalue weighted by Crippen LogP contribution is -2.29. The Balaban J connectivity index is 1.90. The van der Waals surface area contributed by atoms with E-state index in [0.717, 1.165) is 5.56 Å². The van der Waals surface area contributed by atoms with Crippen molar-refractivity contribution >= 4 is 17.8 Å². The Kier molecular flexibility index (Phi) is 3.31. The standard InChI is InChI=1S/C14H13N5O2/c15-13(21)10-7-12(20)19(8-10)14-17-6-3-11(18-14)9-1-4-16-5-2-9/h1-6,10H,7-8H2,(H2,15,21). The second-order valence-electron chi connectivity index (χ2n) is 4.79. The van der Waals surface area contributed by atoms with E-state index in [2.05, 4.69) is 15.0 Å². The number of pyridine rings is 1. The molecule has 2 N–H and O–H groups in total. The fraction of sp³-hybridized carbons (Fsp3) is 0.214. The van der Waals surface area contributed by atoms with Gasteiger partial charge in [0.25, 0.3) is 0 Å². The van der Waals surface area contributed by atoms with Gasteiger partial charge in [0.2, 0.25) is 17.8 Å². The van der Waals surface area contributed by atoms with Crippen LogP contribution in [0.3, 0.4) is 0 Å². The van der Waals surface area contributed by atoms with Gasteiger partial charge in [0, 0.05) is 37.1 Å². The number of rotatable bonds is 3. The highest BCUT2D eigenvalue weighted by Crippen LogP contribution is 2.24. The number of carbonyl (C=O) groups is 2. The van der Waals surface area contributed by atoms with Crippen LogP contribution in [0.25, 0.3) is 11.3 Å². The van der Waals surface area contributed by atoms with E-state index >= 15 is 0 Å². The van der Waals surface area contributed by atoms with Crippen LogP contribution in [-0.4, -0.2) is 33.3 Å². The highest BCUT2D eigenvalue weighted by Gasteiger charge is 2.35. The normalized spacial score (nSPS) is 18.0. The number of anilines is 1. The molecule has 0 aliphatic carbocycles. The molecule has 0 aromatic carbocycles. The average Bonchev–Trinajstić information content (AvgIpc) is 2.91. The maximum Gasteiger partial charge on any atom is 0.232 e. The predicted octanol–water partition coefficient (Wildman–Crippen LogP) is 0.377. The van der Waals surface area contributed by atoms with Gasteiger partial charge in [0.15, 0.2) is 0 Å². The monoisotopic (exact) mass is 283 g/mol. The summed E-state index contributed by atoms with van der Waals surface area (Å²) in [6.45, 7) is 0.230. The Morgan fingerprint density at radius 3 is 2.67 bits per heavy atom. The molecule has 0 radical (unpaired) electrons. The molecule has 1 aliphatic heterocycles. The van der Waals surface area contributed by atoms with Gasteiger partial charge in [-0.15, -0.1) is 0 Å². The Labute approximate surface area is 120 Å². The third-order valence-electron chi connectivity index (χ3n) is 3.39. The molecule has 1 atom stereocenters. The molecule has 7 heteroatoms. The molecule has 2 amide bonds. The first-order valence-electron chi connectivity index (χ1n) is 6.48. The Morgan fingerprint density at radius 2 is 2.00 bits per heavy atom. The van der Waals surface area contributed by atoms with Crippen molar-refractivity contribution in [3.8, 4) is 11.3 Å². The van der Waals surface area contributed by atoms with E-state index in [4.69, 9.17) is 5.73 Å². The van der Waals surface area contributed by atoms with Crippen LogP contribution in [0.2, 0.25) is 0 Å². The van der Waals surface area contributed by atoms with E-state index in [-0.39, 0.29) is 24.8 Å². The zero-order valence-corrected chi connectivity index (χ0v) is 11.1. The lowest BCUT2D eigenvalue weighted by molar-refractivity contribution is -0.123. The van der Waals surface area contributed by atoms with E-state index < -0.39 is 11.8 Å². The zero-order chi connectivity index (χ0) is 14.8. The molecule has 1 unspecified atom stereocenters. The fourth-order valence-electron chi connectivity index (χ4n) is 2.25. The van der Waals surface area contributed by atoms with Crippen molar-refractivity contribution < 1.29 is 9.59 Å². The third kappa shape index (κ3) is 2.58. The minimum absolute atomic E-state index is 0.109. The topological polar surface area (TPSA) is 102 Å². The van der Waals surface area contributed by atoms with Gasteiger partial charge in [-0.2, -0.15) is 0 Å². The molecule has 0 spiro atoms. The summed E-state index contributed by atoms with van der Waals surface area (Å²) in [5.41, 5.74) is 6.83. The van der Waals surface area contributed by atoms with Crippen molar-refractivity contribution in [2.75, 3.05) is 11.4 Å². The smallest absolute Gasteiger partial charge is 0.232 e. The minimum atomic E-state index is -0.481. The zero-order valence-electron chi connectivity index (χ0n) is 11.1. The quantitative estimate of drug-likeness (QED) is 0.877. The van der Waals surface area contributed by atoms with E-state index in [0.29, 0.717) is 5.69 Å². The summed E-state index contributed by atoms with van der Waals surface area (Å²) in [7, 11) is 0. The molecule has 1 aliphatic rings. The Hall–Kier alpha value is -2.83. The predicted molar refractivity (Wildman–Crippen MR) is 74.9 cm³/mol. The fourth-order valence-corrected chi connectivity index (χ4v) is 2.25. The molecular formula is C14H13N5O2. The second kappa shape index (κ2) is 5.28.